The van der Waals surface area contributed by atoms with Crippen molar-refractivity contribution in [2.45, 2.75) is 68.0 Å². The molecule has 1 saturated carbocycles. The quantitative estimate of drug-likeness (QED) is 0.144. The molecule has 208 valence electrons. The van der Waals surface area contributed by atoms with Crippen LogP contribution in [0.5, 0.6) is 0 Å². The van der Waals surface area contributed by atoms with Crippen molar-refractivity contribution in [3.63, 3.8) is 0 Å². The molecule has 4 heterocycles. The number of fused-ring (bicyclic) bond motifs is 1. The molecular weight excluding hydrogens is 547 g/mol. The third-order valence-corrected chi connectivity index (χ3v) is 8.57. The molecule has 0 bridgehead atoms. The predicted molar refractivity (Wildman–Crippen MR) is 130 cm³/mol. The second-order valence-electron chi connectivity index (χ2n) is 9.40. The first kappa shape index (κ1) is 27.4. The van der Waals surface area contributed by atoms with Crippen molar-refractivity contribution in [1.82, 2.24) is 24.7 Å². The fourth-order valence-corrected chi connectivity index (χ4v) is 5.71. The molecule has 5 rings (SSSR count). The maximum absolute atomic E-state index is 12.3. The average Bonchev–Trinajstić information content (AvgIpc) is 3.67. The second-order valence-corrected chi connectivity index (χ2v) is 11.6. The number of anilines is 1. The molecule has 0 spiro atoms. The Bertz CT molecular complexity index is 1300. The number of oxazole rings is 1. The molecule has 5 atom stereocenters. The van der Waals surface area contributed by atoms with Gasteiger partial charge in [-0.1, -0.05) is 12.8 Å². The molecule has 2 fully saturated rings. The lowest BCUT2D eigenvalue weighted by Crippen LogP contribution is -2.43. The van der Waals surface area contributed by atoms with E-state index in [9.17, 15) is 29.7 Å². The molecule has 0 amide bonds. The smallest absolute Gasteiger partial charge is 0.360 e. The summed E-state index contributed by atoms with van der Waals surface area (Å²) < 4.78 is 29.9. The van der Waals surface area contributed by atoms with Crippen LogP contribution in [0.4, 0.5) is 5.82 Å². The van der Waals surface area contributed by atoms with Crippen LogP contribution < -0.4 is 5.32 Å². The fraction of sp³-hybridized carbons (Fsp3) is 0.619. The van der Waals surface area contributed by atoms with Crippen molar-refractivity contribution in [3.05, 3.63) is 29.8 Å². The molecule has 0 radical (unpaired) electrons. The van der Waals surface area contributed by atoms with E-state index in [0.717, 1.165) is 25.7 Å². The van der Waals surface area contributed by atoms with Crippen LogP contribution in [0, 0.1) is 0 Å². The molecule has 38 heavy (non-hydrogen) atoms. The van der Waals surface area contributed by atoms with Crippen molar-refractivity contribution in [2.24, 2.45) is 0 Å². The van der Waals surface area contributed by atoms with E-state index in [1.165, 1.54) is 23.3 Å². The number of nitrogens with zero attached hydrogens (tertiary/aromatic N) is 5. The molecule has 1 saturated heterocycles. The van der Waals surface area contributed by atoms with Gasteiger partial charge in [0.15, 0.2) is 17.8 Å². The summed E-state index contributed by atoms with van der Waals surface area (Å²) in [5, 5.41) is 37.1. The first-order chi connectivity index (χ1) is 18.1. The second kappa shape index (κ2) is 10.8. The molecule has 0 unspecified atom stereocenters. The number of hydrogen-bond donors (Lipinski definition) is 6. The molecule has 1 aliphatic heterocycles. The van der Waals surface area contributed by atoms with E-state index in [2.05, 4.69) is 25.4 Å². The number of aliphatic hydroxyl groups excluding tert-OH is 3. The number of ether oxygens (including phenoxy) is 2. The zero-order valence-electron chi connectivity index (χ0n) is 20.0. The third kappa shape index (κ3) is 5.18. The number of halogens is 1. The average molecular weight is 575 g/mol. The van der Waals surface area contributed by atoms with Gasteiger partial charge in [-0.05, 0) is 24.4 Å². The van der Waals surface area contributed by atoms with Gasteiger partial charge in [-0.2, -0.15) is 15.1 Å². The summed E-state index contributed by atoms with van der Waals surface area (Å²) in [6, 6.07) is 0.237. The summed E-state index contributed by atoms with van der Waals surface area (Å²) in [6.45, 7) is -1.67. The molecule has 1 aliphatic carbocycles. The number of aromatic nitrogens is 5. The summed E-state index contributed by atoms with van der Waals surface area (Å²) in [4.78, 5) is 32.2. The number of aliphatic hydroxyl groups is 3. The minimum Gasteiger partial charge on any atom is -0.449 e. The lowest BCUT2D eigenvalue weighted by atomic mass is 10.1. The maximum Gasteiger partial charge on any atom is 0.360 e. The number of rotatable bonds is 10. The molecule has 3 aromatic heterocycles. The molecular formula is C21H28ClN6O9P. The zero-order valence-corrected chi connectivity index (χ0v) is 21.6. The number of nitrogens with one attached hydrogen (secondary N) is 1. The van der Waals surface area contributed by atoms with Gasteiger partial charge in [-0.25, -0.2) is 9.67 Å². The van der Waals surface area contributed by atoms with Crippen LogP contribution in [0.1, 0.15) is 37.8 Å². The van der Waals surface area contributed by atoms with Crippen LogP contribution in [0.25, 0.3) is 11.0 Å². The highest BCUT2D eigenvalue weighted by Gasteiger charge is 2.52. The fourth-order valence-electron chi connectivity index (χ4n) is 4.77. The van der Waals surface area contributed by atoms with Gasteiger partial charge in [-0.3, -0.25) is 4.57 Å². The van der Waals surface area contributed by atoms with Gasteiger partial charge in [0, 0.05) is 6.04 Å². The van der Waals surface area contributed by atoms with E-state index >= 15 is 0 Å². The van der Waals surface area contributed by atoms with Crippen LogP contribution >= 0.6 is 19.2 Å². The number of hydrogen-bond acceptors (Lipinski definition) is 12. The Labute approximate surface area is 220 Å². The van der Waals surface area contributed by atoms with Gasteiger partial charge in [0.25, 0.3) is 0 Å². The summed E-state index contributed by atoms with van der Waals surface area (Å²) in [5.41, 5.74) is 0.257. The summed E-state index contributed by atoms with van der Waals surface area (Å²) in [6.07, 6.45) is 2.14. The highest BCUT2D eigenvalue weighted by Crippen LogP contribution is 2.53. The first-order valence-corrected chi connectivity index (χ1v) is 14.0. The van der Waals surface area contributed by atoms with E-state index in [4.69, 9.17) is 25.5 Å². The van der Waals surface area contributed by atoms with E-state index in [0.29, 0.717) is 11.2 Å². The van der Waals surface area contributed by atoms with E-state index in [-0.39, 0.29) is 22.9 Å². The van der Waals surface area contributed by atoms with Crippen LogP contribution in [0.15, 0.2) is 23.1 Å². The Balaban J connectivity index is 1.36. The lowest BCUT2D eigenvalue weighted by Gasteiger charge is -2.32. The highest BCUT2D eigenvalue weighted by atomic mass is 35.5. The predicted octanol–water partition coefficient (Wildman–Crippen LogP) is 0.567. The third-order valence-electron chi connectivity index (χ3n) is 6.91. The summed E-state index contributed by atoms with van der Waals surface area (Å²) in [7, 11) is -5.09. The molecule has 6 N–H and O–H groups in total. The van der Waals surface area contributed by atoms with E-state index in [1.54, 1.807) is 0 Å². The van der Waals surface area contributed by atoms with Crippen molar-refractivity contribution < 1.29 is 43.6 Å². The minimum absolute atomic E-state index is 0.0476. The topological polar surface area (TPSA) is 218 Å². The standard InChI is InChI=1S/C21H28ClN6O9P/c22-20-26-17(25-11-3-1-2-4-11)12-8-24-28(18(12)27-20)19-16(31)15(30)13(37-19)9-36-21(10-29,38(32,33)34)7-14-23-5-6-35-14/h5-6,8,11,13,15-16,19,29-31H,1-4,7,9-10H2,(H,25,26,27)(H2,32,33,34)/t13-,15-,16-,19-,21-/m1/s1. The zero-order chi connectivity index (χ0) is 27.1. The Kier molecular flexibility index (Phi) is 7.75. The van der Waals surface area contributed by atoms with Crippen molar-refractivity contribution >= 4 is 36.0 Å². The monoisotopic (exact) mass is 574 g/mol. The molecule has 17 heteroatoms. The van der Waals surface area contributed by atoms with Crippen molar-refractivity contribution in [3.8, 4) is 0 Å². The van der Waals surface area contributed by atoms with E-state index in [1.807, 2.05) is 0 Å². The van der Waals surface area contributed by atoms with Gasteiger partial charge in [0.05, 0.1) is 37.4 Å². The van der Waals surface area contributed by atoms with Crippen molar-refractivity contribution in [2.75, 3.05) is 18.5 Å². The van der Waals surface area contributed by atoms with Gasteiger partial charge in [0.2, 0.25) is 10.6 Å². The van der Waals surface area contributed by atoms with E-state index < -0.39 is 57.1 Å². The highest BCUT2D eigenvalue weighted by molar-refractivity contribution is 7.53. The Morgan fingerprint density at radius 2 is 2.00 bits per heavy atom. The van der Waals surface area contributed by atoms with Gasteiger partial charge >= 0.3 is 7.60 Å². The normalized spacial score (nSPS) is 26.3. The summed E-state index contributed by atoms with van der Waals surface area (Å²) in [5.74, 6) is 0.418. The minimum atomic E-state index is -5.09. The van der Waals surface area contributed by atoms with Gasteiger partial charge in [-0.15, -0.1) is 0 Å². The van der Waals surface area contributed by atoms with Crippen LogP contribution in [-0.4, -0.2) is 92.7 Å². The van der Waals surface area contributed by atoms with Gasteiger partial charge < -0.3 is 44.3 Å². The molecule has 2 aliphatic rings. The molecule has 3 aromatic rings. The summed E-state index contributed by atoms with van der Waals surface area (Å²) >= 11 is 6.17. The Morgan fingerprint density at radius 3 is 2.66 bits per heavy atom. The van der Waals surface area contributed by atoms with Crippen LogP contribution in [-0.2, 0) is 20.5 Å². The Hall–Kier alpha value is -2.20. The van der Waals surface area contributed by atoms with Gasteiger partial charge in [0.1, 0.15) is 30.4 Å². The molecule has 15 nitrogen and oxygen atoms in total. The lowest BCUT2D eigenvalue weighted by molar-refractivity contribution is -0.110. The van der Waals surface area contributed by atoms with Crippen LogP contribution in [0.2, 0.25) is 5.28 Å². The Morgan fingerprint density at radius 1 is 1.24 bits per heavy atom. The maximum atomic E-state index is 12.3. The van der Waals surface area contributed by atoms with Crippen molar-refractivity contribution in [1.29, 1.82) is 0 Å². The largest absolute Gasteiger partial charge is 0.449 e. The SMILES string of the molecule is O=P(O)(O)[C@@](CO)(Cc1ncco1)OC[C@H]1O[C@@H](n2ncc3c(NC4CCCC4)nc(Cl)nc32)[C@H](O)[C@@H]1O. The first-order valence-electron chi connectivity index (χ1n) is 12.0. The van der Waals surface area contributed by atoms with Crippen LogP contribution in [0.3, 0.4) is 0 Å². The molecule has 0 aromatic carbocycles.